The van der Waals surface area contributed by atoms with Crippen LogP contribution in [-0.2, 0) is 0 Å². The van der Waals surface area contributed by atoms with Gasteiger partial charge >= 0.3 is 0 Å². The molecule has 15 heavy (non-hydrogen) atoms. The Labute approximate surface area is 91.9 Å². The molecule has 80 valence electrons. The highest BCUT2D eigenvalue weighted by Gasteiger charge is 2.27. The molecule has 2 unspecified atom stereocenters. The monoisotopic (exact) mass is 201 g/mol. The highest BCUT2D eigenvalue weighted by atomic mass is 14.9. The fourth-order valence-corrected chi connectivity index (χ4v) is 2.77. The lowest BCUT2D eigenvalue weighted by Crippen LogP contribution is -2.21. The number of nitrogens with one attached hydrogen (secondary N) is 1. The maximum absolute atomic E-state index is 3.53. The predicted octanol–water partition coefficient (Wildman–Crippen LogP) is 3.03. The van der Waals surface area contributed by atoms with E-state index in [0.717, 1.165) is 11.8 Å². The summed E-state index contributed by atoms with van der Waals surface area (Å²) in [5.74, 6) is 1.62. The van der Waals surface area contributed by atoms with Crippen LogP contribution in [0.2, 0.25) is 0 Å². The minimum Gasteiger partial charge on any atom is -0.314 e. The molecule has 1 heteroatoms. The van der Waals surface area contributed by atoms with Crippen LogP contribution in [0.3, 0.4) is 0 Å². The molecule has 0 amide bonds. The Bertz CT molecular complexity index is 354. The van der Waals surface area contributed by atoms with Crippen LogP contribution in [0.25, 0.3) is 0 Å². The van der Waals surface area contributed by atoms with E-state index < -0.39 is 0 Å². The number of benzene rings is 1. The Balaban J connectivity index is 1.87. The topological polar surface area (TPSA) is 12.0 Å². The molecule has 1 aliphatic carbocycles. The fourth-order valence-electron chi connectivity index (χ4n) is 2.77. The van der Waals surface area contributed by atoms with Crippen molar-refractivity contribution < 1.29 is 0 Å². The van der Waals surface area contributed by atoms with Gasteiger partial charge in [-0.15, -0.1) is 0 Å². The van der Waals surface area contributed by atoms with Gasteiger partial charge in [-0.25, -0.2) is 0 Å². The van der Waals surface area contributed by atoms with Gasteiger partial charge in [0, 0.05) is 12.0 Å². The molecule has 1 nitrogen and oxygen atoms in total. The SMILES string of the molecule is CC1NCCC1c1cccc(C2CC2)c1. The summed E-state index contributed by atoms with van der Waals surface area (Å²) in [6.45, 7) is 3.49. The Morgan fingerprint density at radius 1 is 1.13 bits per heavy atom. The van der Waals surface area contributed by atoms with E-state index in [9.17, 15) is 0 Å². The van der Waals surface area contributed by atoms with Crippen molar-refractivity contribution in [1.29, 1.82) is 0 Å². The Morgan fingerprint density at radius 3 is 2.60 bits per heavy atom. The summed E-state index contributed by atoms with van der Waals surface area (Å²) in [5.41, 5.74) is 3.13. The molecular formula is C14H19N. The lowest BCUT2D eigenvalue weighted by molar-refractivity contribution is 0.594. The largest absolute Gasteiger partial charge is 0.314 e. The van der Waals surface area contributed by atoms with Gasteiger partial charge in [0.15, 0.2) is 0 Å². The average molecular weight is 201 g/mol. The second kappa shape index (κ2) is 3.64. The van der Waals surface area contributed by atoms with Crippen molar-refractivity contribution in [3.8, 4) is 0 Å². The van der Waals surface area contributed by atoms with E-state index in [1.807, 2.05) is 0 Å². The van der Waals surface area contributed by atoms with Crippen molar-refractivity contribution in [2.24, 2.45) is 0 Å². The maximum atomic E-state index is 3.53. The second-order valence-electron chi connectivity index (χ2n) is 5.08. The smallest absolute Gasteiger partial charge is 0.0108 e. The molecule has 1 N–H and O–H groups in total. The molecule has 1 aliphatic heterocycles. The molecule has 1 heterocycles. The first kappa shape index (κ1) is 9.41. The second-order valence-corrected chi connectivity index (χ2v) is 5.08. The van der Waals surface area contributed by atoms with Gasteiger partial charge in [-0.3, -0.25) is 0 Å². The zero-order chi connectivity index (χ0) is 10.3. The highest BCUT2D eigenvalue weighted by molar-refractivity contribution is 5.32. The third kappa shape index (κ3) is 1.81. The van der Waals surface area contributed by atoms with Gasteiger partial charge in [0.25, 0.3) is 0 Å². The van der Waals surface area contributed by atoms with Gasteiger partial charge in [0.2, 0.25) is 0 Å². The van der Waals surface area contributed by atoms with Crippen LogP contribution in [-0.4, -0.2) is 12.6 Å². The van der Waals surface area contributed by atoms with Crippen molar-refractivity contribution in [2.45, 2.75) is 44.1 Å². The molecular weight excluding hydrogens is 182 g/mol. The van der Waals surface area contributed by atoms with Crippen molar-refractivity contribution >= 4 is 0 Å². The molecule has 0 spiro atoms. The van der Waals surface area contributed by atoms with Crippen LogP contribution >= 0.6 is 0 Å². The van der Waals surface area contributed by atoms with Crippen LogP contribution < -0.4 is 5.32 Å². The van der Waals surface area contributed by atoms with Crippen LogP contribution in [0.1, 0.15) is 49.1 Å². The molecule has 0 bridgehead atoms. The van der Waals surface area contributed by atoms with Gasteiger partial charge < -0.3 is 5.32 Å². The molecule has 2 atom stereocenters. The van der Waals surface area contributed by atoms with Gasteiger partial charge in [0.1, 0.15) is 0 Å². The van der Waals surface area contributed by atoms with E-state index in [0.29, 0.717) is 6.04 Å². The molecule has 1 aromatic rings. The van der Waals surface area contributed by atoms with Crippen molar-refractivity contribution in [3.05, 3.63) is 35.4 Å². The lowest BCUT2D eigenvalue weighted by Gasteiger charge is -2.16. The van der Waals surface area contributed by atoms with Crippen molar-refractivity contribution in [3.63, 3.8) is 0 Å². The first-order valence-corrected chi connectivity index (χ1v) is 6.18. The molecule has 1 saturated carbocycles. The highest BCUT2D eigenvalue weighted by Crippen LogP contribution is 2.41. The Kier molecular flexibility index (Phi) is 2.28. The third-order valence-electron chi connectivity index (χ3n) is 3.91. The van der Waals surface area contributed by atoms with Gasteiger partial charge in [-0.1, -0.05) is 24.3 Å². The van der Waals surface area contributed by atoms with Crippen LogP contribution in [0.4, 0.5) is 0 Å². The normalized spacial score (nSPS) is 30.7. The number of hydrogen-bond acceptors (Lipinski definition) is 1. The number of rotatable bonds is 2. The first-order chi connectivity index (χ1) is 7.34. The summed E-state index contributed by atoms with van der Waals surface area (Å²) in [6.07, 6.45) is 4.11. The average Bonchev–Trinajstić information content (AvgIpc) is 3.02. The van der Waals surface area contributed by atoms with Crippen molar-refractivity contribution in [2.75, 3.05) is 6.54 Å². The van der Waals surface area contributed by atoms with Crippen LogP contribution in [0.15, 0.2) is 24.3 Å². The quantitative estimate of drug-likeness (QED) is 0.775. The van der Waals surface area contributed by atoms with Gasteiger partial charge in [-0.2, -0.15) is 0 Å². The molecule has 2 aliphatic rings. The zero-order valence-electron chi connectivity index (χ0n) is 9.37. The Hall–Kier alpha value is -0.820. The fraction of sp³-hybridized carbons (Fsp3) is 0.571. The molecule has 0 radical (unpaired) electrons. The molecule has 1 saturated heterocycles. The summed E-state index contributed by atoms with van der Waals surface area (Å²) in [6, 6.07) is 9.95. The summed E-state index contributed by atoms with van der Waals surface area (Å²) >= 11 is 0. The summed E-state index contributed by atoms with van der Waals surface area (Å²) in [7, 11) is 0. The summed E-state index contributed by atoms with van der Waals surface area (Å²) in [5, 5.41) is 3.53. The van der Waals surface area contributed by atoms with Gasteiger partial charge in [-0.05, 0) is 49.8 Å². The summed E-state index contributed by atoms with van der Waals surface area (Å²) in [4.78, 5) is 0. The predicted molar refractivity (Wildman–Crippen MR) is 63.2 cm³/mol. The molecule has 0 aromatic heterocycles. The lowest BCUT2D eigenvalue weighted by atomic mass is 9.91. The minimum atomic E-state index is 0.652. The van der Waals surface area contributed by atoms with E-state index >= 15 is 0 Å². The van der Waals surface area contributed by atoms with Gasteiger partial charge in [0.05, 0.1) is 0 Å². The minimum absolute atomic E-state index is 0.652. The summed E-state index contributed by atoms with van der Waals surface area (Å²) < 4.78 is 0. The van der Waals surface area contributed by atoms with Crippen molar-refractivity contribution in [1.82, 2.24) is 5.32 Å². The first-order valence-electron chi connectivity index (χ1n) is 6.18. The zero-order valence-corrected chi connectivity index (χ0v) is 9.37. The van der Waals surface area contributed by atoms with Crippen LogP contribution in [0, 0.1) is 0 Å². The van der Waals surface area contributed by atoms with E-state index in [4.69, 9.17) is 0 Å². The maximum Gasteiger partial charge on any atom is 0.0108 e. The van der Waals surface area contributed by atoms with E-state index in [-0.39, 0.29) is 0 Å². The van der Waals surface area contributed by atoms with E-state index in [2.05, 4.69) is 36.5 Å². The van der Waals surface area contributed by atoms with Crippen LogP contribution in [0.5, 0.6) is 0 Å². The Morgan fingerprint density at radius 2 is 1.93 bits per heavy atom. The third-order valence-corrected chi connectivity index (χ3v) is 3.91. The standard InChI is InChI=1S/C14H19N/c1-10-14(7-8-15-10)13-4-2-3-12(9-13)11-5-6-11/h2-4,9-11,14-15H,5-8H2,1H3. The number of hydrogen-bond donors (Lipinski definition) is 1. The van der Waals surface area contributed by atoms with E-state index in [1.54, 1.807) is 11.1 Å². The molecule has 1 aromatic carbocycles. The molecule has 2 fully saturated rings. The van der Waals surface area contributed by atoms with E-state index in [1.165, 1.54) is 25.8 Å². The molecule has 3 rings (SSSR count).